The van der Waals surface area contributed by atoms with Crippen molar-refractivity contribution in [3.8, 4) is 0 Å². The first-order valence-corrected chi connectivity index (χ1v) is 10.8. The third-order valence-electron chi connectivity index (χ3n) is 5.38. The molecule has 156 valence electrons. The van der Waals surface area contributed by atoms with Crippen LogP contribution in [-0.2, 0) is 22.5 Å². The van der Waals surface area contributed by atoms with E-state index in [9.17, 15) is 14.4 Å². The topological polar surface area (TPSA) is 81.5 Å². The summed E-state index contributed by atoms with van der Waals surface area (Å²) in [6.07, 6.45) is 0.712. The Labute approximate surface area is 177 Å². The molecule has 1 amide bonds. The van der Waals surface area contributed by atoms with Crippen LogP contribution >= 0.6 is 11.3 Å². The summed E-state index contributed by atoms with van der Waals surface area (Å²) in [5.41, 5.74) is 1.21. The van der Waals surface area contributed by atoms with E-state index in [0.717, 1.165) is 35.7 Å². The minimum Gasteiger partial charge on any atom is -0.448 e. The molecule has 7 nitrogen and oxygen atoms in total. The second-order valence-corrected chi connectivity index (χ2v) is 8.29. The van der Waals surface area contributed by atoms with E-state index in [1.54, 1.807) is 23.3 Å². The number of hydrogen-bond acceptors (Lipinski definition) is 6. The van der Waals surface area contributed by atoms with Crippen LogP contribution in [0.3, 0.4) is 0 Å². The number of aromatic nitrogens is 2. The monoisotopic (exact) mass is 425 g/mol. The maximum Gasteiger partial charge on any atom is 0.349 e. The Morgan fingerprint density at radius 3 is 2.73 bits per heavy atom. The van der Waals surface area contributed by atoms with Gasteiger partial charge >= 0.3 is 5.97 Å². The second-order valence-electron chi connectivity index (χ2n) is 7.29. The summed E-state index contributed by atoms with van der Waals surface area (Å²) in [5, 5.41) is 0.469. The van der Waals surface area contributed by atoms with Gasteiger partial charge in [0.15, 0.2) is 6.10 Å². The number of esters is 1. The minimum absolute atomic E-state index is 0.106. The summed E-state index contributed by atoms with van der Waals surface area (Å²) in [7, 11) is 0. The number of carbonyl (C=O) groups excluding carboxylic acids is 2. The normalized spacial score (nSPS) is 13.8. The highest BCUT2D eigenvalue weighted by Gasteiger charge is 2.28. The van der Waals surface area contributed by atoms with E-state index in [-0.39, 0.29) is 11.5 Å². The summed E-state index contributed by atoms with van der Waals surface area (Å²) < 4.78 is 7.18. The fourth-order valence-electron chi connectivity index (χ4n) is 3.83. The molecule has 4 rings (SSSR count). The maximum absolute atomic E-state index is 12.9. The molecule has 0 N–H and O–H groups in total. The lowest BCUT2D eigenvalue weighted by Gasteiger charge is -2.24. The molecule has 3 heterocycles. The summed E-state index contributed by atoms with van der Waals surface area (Å²) >= 11 is 1.15. The van der Waals surface area contributed by atoms with Crippen molar-refractivity contribution in [1.82, 2.24) is 9.55 Å². The van der Waals surface area contributed by atoms with Gasteiger partial charge in [-0.05, 0) is 44.9 Å². The van der Waals surface area contributed by atoms with Crippen LogP contribution in [0.15, 0.2) is 35.1 Å². The summed E-state index contributed by atoms with van der Waals surface area (Å²) in [4.78, 5) is 45.6. The van der Waals surface area contributed by atoms with E-state index >= 15 is 0 Å². The third-order valence-corrected chi connectivity index (χ3v) is 6.54. The molecule has 1 aliphatic rings. The Morgan fingerprint density at radius 2 is 2.03 bits per heavy atom. The molecule has 0 saturated heterocycles. The largest absolute Gasteiger partial charge is 0.448 e. The maximum atomic E-state index is 12.9. The van der Waals surface area contributed by atoms with Gasteiger partial charge in [-0.3, -0.25) is 14.2 Å². The Kier molecular flexibility index (Phi) is 5.42. The number of aryl methyl sites for hydroxylation is 2. The number of benzene rings is 1. The van der Waals surface area contributed by atoms with Crippen LogP contribution in [0.1, 0.15) is 41.3 Å². The highest BCUT2D eigenvalue weighted by Crippen LogP contribution is 2.29. The van der Waals surface area contributed by atoms with Gasteiger partial charge in [-0.25, -0.2) is 9.78 Å². The minimum atomic E-state index is -0.957. The fourth-order valence-corrected chi connectivity index (χ4v) is 4.90. The molecular weight excluding hydrogens is 402 g/mol. The first-order valence-electron chi connectivity index (χ1n) is 10.0. The van der Waals surface area contributed by atoms with Gasteiger partial charge in [0.2, 0.25) is 0 Å². The molecule has 3 aromatic rings. The highest BCUT2D eigenvalue weighted by atomic mass is 32.1. The first-order chi connectivity index (χ1) is 14.4. The molecule has 0 radical (unpaired) electrons. The number of para-hydroxylation sites is 1. The van der Waals surface area contributed by atoms with E-state index in [0.29, 0.717) is 33.7 Å². The van der Waals surface area contributed by atoms with Crippen LogP contribution in [0.2, 0.25) is 0 Å². The number of anilines is 1. The van der Waals surface area contributed by atoms with Crippen molar-refractivity contribution in [1.29, 1.82) is 0 Å². The lowest BCUT2D eigenvalue weighted by molar-refractivity contribution is -0.126. The van der Waals surface area contributed by atoms with Crippen LogP contribution in [0.25, 0.3) is 10.2 Å². The summed E-state index contributed by atoms with van der Waals surface area (Å²) in [5.74, 6) is -0.142. The summed E-state index contributed by atoms with van der Waals surface area (Å²) in [6, 6.07) is 9.26. The quantitative estimate of drug-likeness (QED) is 0.586. The van der Waals surface area contributed by atoms with Crippen LogP contribution in [0.5, 0.6) is 0 Å². The van der Waals surface area contributed by atoms with E-state index in [4.69, 9.17) is 4.74 Å². The molecule has 0 aliphatic carbocycles. The van der Waals surface area contributed by atoms with Crippen LogP contribution in [0, 0.1) is 6.92 Å². The molecule has 8 heteroatoms. The molecule has 0 saturated carbocycles. The number of nitrogens with zero attached hydrogens (tertiary/aromatic N) is 3. The van der Waals surface area contributed by atoms with Gasteiger partial charge in [-0.1, -0.05) is 18.2 Å². The van der Waals surface area contributed by atoms with Gasteiger partial charge in [0.05, 0.1) is 5.39 Å². The Bertz CT molecular complexity index is 1180. The van der Waals surface area contributed by atoms with Crippen molar-refractivity contribution in [2.75, 3.05) is 11.4 Å². The van der Waals surface area contributed by atoms with Crippen molar-refractivity contribution in [3.63, 3.8) is 0 Å². The van der Waals surface area contributed by atoms with Crippen molar-refractivity contribution in [2.24, 2.45) is 0 Å². The van der Waals surface area contributed by atoms with Gasteiger partial charge in [0, 0.05) is 25.2 Å². The molecule has 0 fully saturated rings. The van der Waals surface area contributed by atoms with E-state index in [2.05, 4.69) is 4.98 Å². The summed E-state index contributed by atoms with van der Waals surface area (Å²) in [6.45, 7) is 6.28. The predicted molar refractivity (Wildman–Crippen MR) is 116 cm³/mol. The van der Waals surface area contributed by atoms with Gasteiger partial charge in [0.25, 0.3) is 11.5 Å². The molecule has 0 bridgehead atoms. The van der Waals surface area contributed by atoms with E-state index < -0.39 is 12.1 Å². The molecule has 1 aromatic carbocycles. The molecule has 0 unspecified atom stereocenters. The number of fused-ring (bicyclic) bond motifs is 2. The molecule has 2 aromatic heterocycles. The van der Waals surface area contributed by atoms with E-state index in [1.165, 1.54) is 0 Å². The second kappa shape index (κ2) is 8.02. The van der Waals surface area contributed by atoms with Crippen LogP contribution in [-0.4, -0.2) is 34.1 Å². The number of rotatable bonds is 5. The zero-order chi connectivity index (χ0) is 21.4. The fraction of sp³-hybridized carbons (Fsp3) is 0.364. The molecular formula is C22H23N3O4S. The van der Waals surface area contributed by atoms with Gasteiger partial charge < -0.3 is 9.64 Å². The molecule has 1 aliphatic heterocycles. The van der Waals surface area contributed by atoms with E-state index in [1.807, 2.05) is 37.3 Å². The highest BCUT2D eigenvalue weighted by molar-refractivity contribution is 7.20. The predicted octanol–water partition coefficient (Wildman–Crippen LogP) is 3.31. The standard InChI is InChI=1S/C22H23N3O4S/c1-4-24(15-9-6-5-7-10-15)20(26)14(3)29-22(28)18-13(2)17-19(30-18)23-16-11-8-12-25(16)21(17)27/h5-7,9-10,14H,4,8,11-12H2,1-3H3/t14-/m1/s1. The smallest absolute Gasteiger partial charge is 0.349 e. The lowest BCUT2D eigenvalue weighted by atomic mass is 10.2. The Hall–Kier alpha value is -3.00. The number of ether oxygens (including phenoxy) is 1. The average molecular weight is 426 g/mol. The van der Waals surface area contributed by atoms with Gasteiger partial charge in [0.1, 0.15) is 15.5 Å². The SMILES string of the molecule is CCN(C(=O)[C@@H](C)OC(=O)c1sc2nc3n(c(=O)c2c1C)CCC3)c1ccccc1. The first kappa shape index (κ1) is 20.3. The van der Waals surface area contributed by atoms with Crippen molar-refractivity contribution in [2.45, 2.75) is 46.3 Å². The molecule has 1 atom stereocenters. The zero-order valence-corrected chi connectivity index (χ0v) is 18.0. The number of amides is 1. The average Bonchev–Trinajstić information content (AvgIpc) is 3.34. The van der Waals surface area contributed by atoms with Crippen molar-refractivity contribution < 1.29 is 14.3 Å². The Morgan fingerprint density at radius 1 is 1.30 bits per heavy atom. The number of carbonyl (C=O) groups is 2. The van der Waals surface area contributed by atoms with Crippen LogP contribution < -0.4 is 10.5 Å². The number of likely N-dealkylation sites (N-methyl/N-ethyl adjacent to an activating group) is 1. The van der Waals surface area contributed by atoms with Crippen LogP contribution in [0.4, 0.5) is 5.69 Å². The van der Waals surface area contributed by atoms with Crippen molar-refractivity contribution in [3.05, 3.63) is 57.0 Å². The number of thiophene rings is 1. The zero-order valence-electron chi connectivity index (χ0n) is 17.2. The van der Waals surface area contributed by atoms with Gasteiger partial charge in [-0.2, -0.15) is 0 Å². The Balaban J connectivity index is 1.58. The molecule has 30 heavy (non-hydrogen) atoms. The molecule has 0 spiro atoms. The number of hydrogen-bond donors (Lipinski definition) is 0. The van der Waals surface area contributed by atoms with Crippen molar-refractivity contribution >= 4 is 39.1 Å². The lowest BCUT2D eigenvalue weighted by Crippen LogP contribution is -2.40. The third kappa shape index (κ3) is 3.41. The van der Waals surface area contributed by atoms with Gasteiger partial charge in [-0.15, -0.1) is 11.3 Å².